The summed E-state index contributed by atoms with van der Waals surface area (Å²) >= 11 is 0. The van der Waals surface area contributed by atoms with Gasteiger partial charge in [-0.15, -0.1) is 0 Å². The number of benzene rings is 3. The van der Waals surface area contributed by atoms with Crippen molar-refractivity contribution in [1.82, 2.24) is 19.4 Å². The van der Waals surface area contributed by atoms with Gasteiger partial charge in [0.1, 0.15) is 11.5 Å². The van der Waals surface area contributed by atoms with Gasteiger partial charge in [-0.25, -0.2) is 17.8 Å². The summed E-state index contributed by atoms with van der Waals surface area (Å²) in [5.74, 6) is -0.353. The number of likely N-dealkylation sites (N-methyl/N-ethyl adjacent to an activating group) is 1. The molecule has 44 heavy (non-hydrogen) atoms. The van der Waals surface area contributed by atoms with E-state index >= 15 is 0 Å². The molecule has 2 aromatic heterocycles. The average molecular weight is 613 g/mol. The molecule has 0 atom stereocenters. The van der Waals surface area contributed by atoms with Gasteiger partial charge >= 0.3 is 0 Å². The Morgan fingerprint density at radius 1 is 0.909 bits per heavy atom. The van der Waals surface area contributed by atoms with E-state index < -0.39 is 21.2 Å². The molecule has 0 amide bonds. The molecule has 1 aliphatic rings. The Labute approximate surface area is 255 Å². The molecule has 0 bridgehead atoms. The topological polar surface area (TPSA) is 100 Å². The Kier molecular flexibility index (Phi) is 8.15. The Balaban J connectivity index is 1.41. The third-order valence-electron chi connectivity index (χ3n) is 8.00. The quantitative estimate of drug-likeness (QED) is 0.263. The lowest BCUT2D eigenvalue weighted by atomic mass is 10.1. The van der Waals surface area contributed by atoms with Crippen LogP contribution in [0.25, 0.3) is 22.2 Å². The van der Waals surface area contributed by atoms with Crippen LogP contribution in [0.2, 0.25) is 0 Å². The van der Waals surface area contributed by atoms with Crippen molar-refractivity contribution in [3.05, 3.63) is 107 Å². The number of hydrogen-bond donors (Lipinski definition) is 1. The van der Waals surface area contributed by atoms with Crippen LogP contribution in [0.15, 0.2) is 94.7 Å². The van der Waals surface area contributed by atoms with Gasteiger partial charge in [0.05, 0.1) is 22.8 Å². The van der Waals surface area contributed by atoms with Crippen LogP contribution < -0.4 is 15.8 Å². The van der Waals surface area contributed by atoms with Gasteiger partial charge in [-0.3, -0.25) is 9.36 Å². The molecule has 0 spiro atoms. The maximum Gasteiger partial charge on any atom is 0.260 e. The van der Waals surface area contributed by atoms with Crippen molar-refractivity contribution in [3.63, 3.8) is 0 Å². The van der Waals surface area contributed by atoms with Gasteiger partial charge in [-0.05, 0) is 55.1 Å². The lowest BCUT2D eigenvalue weighted by Gasteiger charge is -2.34. The number of aromatic nitrogens is 3. The number of nitrogens with one attached hydrogen (secondary N) is 1. The first kappa shape index (κ1) is 29.5. The molecule has 0 unspecified atom stereocenters. The number of nitrogens with zero attached hydrogens (tertiary/aromatic N) is 5. The fraction of sp³-hybridized carbons (Fsp3) is 0.242. The molecule has 0 aliphatic carbocycles. The predicted octanol–water partition coefficient (Wildman–Crippen LogP) is 4.93. The third-order valence-corrected chi connectivity index (χ3v) is 9.83. The second kappa shape index (κ2) is 12.2. The molecule has 1 saturated heterocycles. The van der Waals surface area contributed by atoms with Crippen molar-refractivity contribution in [2.24, 2.45) is 0 Å². The highest BCUT2D eigenvalue weighted by molar-refractivity contribution is 7.91. The second-order valence-electron chi connectivity index (χ2n) is 10.9. The van der Waals surface area contributed by atoms with Crippen LogP contribution in [0, 0.1) is 5.82 Å². The average Bonchev–Trinajstić information content (AvgIpc) is 3.04. The number of hydrogen-bond acceptors (Lipinski definition) is 8. The largest absolute Gasteiger partial charge is 0.369 e. The number of halogens is 1. The van der Waals surface area contributed by atoms with Crippen LogP contribution >= 0.6 is 0 Å². The van der Waals surface area contributed by atoms with Crippen LogP contribution in [-0.2, 0) is 16.4 Å². The van der Waals surface area contributed by atoms with E-state index in [0.717, 1.165) is 37.6 Å². The summed E-state index contributed by atoms with van der Waals surface area (Å²) in [4.78, 5) is 28.0. The molecule has 1 fully saturated rings. The Morgan fingerprint density at radius 3 is 2.34 bits per heavy atom. The van der Waals surface area contributed by atoms with Gasteiger partial charge in [0.25, 0.3) is 5.56 Å². The minimum absolute atomic E-state index is 0.0802. The Hall–Kier alpha value is -4.61. The van der Waals surface area contributed by atoms with Gasteiger partial charge in [0, 0.05) is 54.7 Å². The van der Waals surface area contributed by atoms with E-state index in [-0.39, 0.29) is 34.3 Å². The molecule has 3 heterocycles. The SMILES string of the molecule is CCS(=O)(=O)c1ccccc1Cn1c(=O)c(-c2ccccc2F)cc2cnc(Nc3ccc(N4CCN(C)CC4)cc3)nc21. The first-order valence-electron chi connectivity index (χ1n) is 14.5. The Bertz CT molecular complexity index is 1990. The lowest BCUT2D eigenvalue weighted by molar-refractivity contribution is 0.313. The summed E-state index contributed by atoms with van der Waals surface area (Å²) in [7, 11) is -1.45. The second-order valence-corrected chi connectivity index (χ2v) is 13.1. The minimum atomic E-state index is -3.57. The van der Waals surface area contributed by atoms with Gasteiger partial charge in [-0.2, -0.15) is 4.98 Å². The van der Waals surface area contributed by atoms with Crippen LogP contribution in [0.5, 0.6) is 0 Å². The van der Waals surface area contributed by atoms with E-state index in [1.54, 1.807) is 55.6 Å². The zero-order valence-electron chi connectivity index (χ0n) is 24.6. The summed E-state index contributed by atoms with van der Waals surface area (Å²) < 4.78 is 42.1. The molecular weight excluding hydrogens is 579 g/mol. The van der Waals surface area contributed by atoms with Crippen molar-refractivity contribution in [3.8, 4) is 11.1 Å². The lowest BCUT2D eigenvalue weighted by Crippen LogP contribution is -2.44. The van der Waals surface area contributed by atoms with E-state index in [1.165, 1.54) is 16.7 Å². The summed E-state index contributed by atoms with van der Waals surface area (Å²) in [5, 5.41) is 3.73. The number of fused-ring (bicyclic) bond motifs is 1. The molecule has 5 aromatic rings. The molecule has 3 aromatic carbocycles. The van der Waals surface area contributed by atoms with Crippen LogP contribution in [0.3, 0.4) is 0 Å². The highest BCUT2D eigenvalue weighted by Gasteiger charge is 2.21. The fourth-order valence-electron chi connectivity index (χ4n) is 5.45. The van der Waals surface area contributed by atoms with E-state index in [0.29, 0.717) is 16.6 Å². The monoisotopic (exact) mass is 612 g/mol. The number of anilines is 3. The van der Waals surface area contributed by atoms with Gasteiger partial charge in [-0.1, -0.05) is 43.3 Å². The Morgan fingerprint density at radius 2 is 1.61 bits per heavy atom. The molecule has 226 valence electrons. The maximum atomic E-state index is 14.9. The van der Waals surface area contributed by atoms with Crippen molar-refractivity contribution >= 4 is 38.2 Å². The number of pyridine rings is 1. The van der Waals surface area contributed by atoms with E-state index in [1.807, 2.05) is 12.1 Å². The molecule has 1 N–H and O–H groups in total. The van der Waals surface area contributed by atoms with Crippen molar-refractivity contribution in [2.45, 2.75) is 18.4 Å². The molecule has 9 nitrogen and oxygen atoms in total. The number of piperazine rings is 1. The minimum Gasteiger partial charge on any atom is -0.369 e. The molecule has 0 radical (unpaired) electrons. The van der Waals surface area contributed by atoms with Crippen LogP contribution in [0.4, 0.5) is 21.7 Å². The molecule has 11 heteroatoms. The summed E-state index contributed by atoms with van der Waals surface area (Å²) in [5.41, 5.74) is 2.44. The van der Waals surface area contributed by atoms with E-state index in [2.05, 4.69) is 39.3 Å². The smallest absolute Gasteiger partial charge is 0.260 e. The molecule has 6 rings (SSSR count). The van der Waals surface area contributed by atoms with Gasteiger partial charge in [0.2, 0.25) is 5.95 Å². The van der Waals surface area contributed by atoms with E-state index in [4.69, 9.17) is 4.98 Å². The third kappa shape index (κ3) is 5.93. The predicted molar refractivity (Wildman–Crippen MR) is 172 cm³/mol. The highest BCUT2D eigenvalue weighted by atomic mass is 32.2. The maximum absolute atomic E-state index is 14.9. The normalized spacial score (nSPS) is 14.2. The standard InChI is InChI=1S/C33H33FN6O3S/c1-3-44(42,43)30-11-7-4-8-23(30)22-40-31-24(20-28(32(40)41)27-9-5-6-10-29(27)34)21-35-33(37-31)36-25-12-14-26(15-13-25)39-18-16-38(2)17-19-39/h4-15,20-21H,3,16-19,22H2,1-2H3,(H,35,36,37). The summed E-state index contributed by atoms with van der Waals surface area (Å²) in [6.07, 6.45) is 1.58. The first-order chi connectivity index (χ1) is 21.2. The van der Waals surface area contributed by atoms with Gasteiger partial charge < -0.3 is 15.1 Å². The van der Waals surface area contributed by atoms with Crippen LogP contribution in [-0.4, -0.2) is 66.8 Å². The van der Waals surface area contributed by atoms with E-state index in [9.17, 15) is 17.6 Å². The first-order valence-corrected chi connectivity index (χ1v) is 16.2. The number of sulfone groups is 1. The van der Waals surface area contributed by atoms with Crippen molar-refractivity contribution < 1.29 is 12.8 Å². The van der Waals surface area contributed by atoms with Crippen molar-refractivity contribution in [2.75, 3.05) is 49.2 Å². The molecule has 1 aliphatic heterocycles. The summed E-state index contributed by atoms with van der Waals surface area (Å²) in [6, 6.07) is 22.3. The van der Waals surface area contributed by atoms with Gasteiger partial charge in [0.15, 0.2) is 9.84 Å². The fourth-order valence-corrected chi connectivity index (χ4v) is 6.58. The molecule has 0 saturated carbocycles. The van der Waals surface area contributed by atoms with Crippen LogP contribution in [0.1, 0.15) is 12.5 Å². The summed E-state index contributed by atoms with van der Waals surface area (Å²) in [6.45, 7) is 5.46. The highest BCUT2D eigenvalue weighted by Crippen LogP contribution is 2.26. The molecular formula is C33H33FN6O3S. The van der Waals surface area contributed by atoms with Crippen molar-refractivity contribution in [1.29, 1.82) is 0 Å². The zero-order chi connectivity index (χ0) is 30.8. The number of rotatable bonds is 8. The zero-order valence-corrected chi connectivity index (χ0v) is 25.4.